The van der Waals surface area contributed by atoms with Gasteiger partial charge in [0, 0.05) is 5.56 Å². The van der Waals surface area contributed by atoms with E-state index in [2.05, 4.69) is 10.6 Å². The topological polar surface area (TPSA) is 78.5 Å². The summed E-state index contributed by atoms with van der Waals surface area (Å²) < 4.78 is 27.8. The zero-order valence-electron chi connectivity index (χ0n) is 16.7. The summed E-state index contributed by atoms with van der Waals surface area (Å²) in [5.41, 5.74) is -1.18. The average molecular weight is 415 g/mol. The van der Waals surface area contributed by atoms with Crippen LogP contribution in [0, 0.1) is 11.6 Å². The molecule has 2 aromatic carbocycles. The van der Waals surface area contributed by atoms with Gasteiger partial charge in [0.25, 0.3) is 5.91 Å². The molecule has 1 heterocycles. The maximum atomic E-state index is 14.2. The molecule has 2 atom stereocenters. The van der Waals surface area contributed by atoms with E-state index < -0.39 is 41.6 Å². The average Bonchev–Trinajstić information content (AvgIpc) is 2.94. The van der Waals surface area contributed by atoms with Gasteiger partial charge in [0.2, 0.25) is 5.91 Å². The second-order valence-corrected chi connectivity index (χ2v) is 7.39. The Hall–Kier alpha value is -3.29. The van der Waals surface area contributed by atoms with E-state index in [1.54, 1.807) is 0 Å². The highest BCUT2D eigenvalue weighted by molar-refractivity contribution is 6.09. The molecule has 2 aromatic rings. The summed E-state index contributed by atoms with van der Waals surface area (Å²) in [5, 5.41) is 5.22. The zero-order chi connectivity index (χ0) is 21.9. The van der Waals surface area contributed by atoms with Crippen LogP contribution in [0.2, 0.25) is 0 Å². The molecule has 1 fully saturated rings. The molecule has 3 rings (SSSR count). The van der Waals surface area contributed by atoms with Gasteiger partial charge in [-0.05, 0) is 37.1 Å². The first-order valence-corrected chi connectivity index (χ1v) is 9.70. The van der Waals surface area contributed by atoms with Crippen LogP contribution in [0.4, 0.5) is 13.6 Å². The number of halogens is 2. The van der Waals surface area contributed by atoms with E-state index in [1.165, 1.54) is 6.92 Å². The Morgan fingerprint density at radius 1 is 1.17 bits per heavy atom. The van der Waals surface area contributed by atoms with E-state index in [0.717, 1.165) is 30.2 Å². The van der Waals surface area contributed by atoms with Crippen molar-refractivity contribution in [3.8, 4) is 0 Å². The van der Waals surface area contributed by atoms with Crippen molar-refractivity contribution in [1.29, 1.82) is 0 Å². The van der Waals surface area contributed by atoms with Crippen molar-refractivity contribution in [3.63, 3.8) is 0 Å². The molecule has 6 nitrogen and oxygen atoms in total. The molecule has 0 aromatic heterocycles. The quantitative estimate of drug-likeness (QED) is 0.681. The number of hydrogen-bond donors (Lipinski definition) is 2. The van der Waals surface area contributed by atoms with Crippen LogP contribution in [0.25, 0.3) is 0 Å². The first-order chi connectivity index (χ1) is 14.3. The van der Waals surface area contributed by atoms with Crippen LogP contribution in [-0.2, 0) is 15.1 Å². The maximum absolute atomic E-state index is 14.2. The molecule has 0 saturated carbocycles. The third-order valence-electron chi connectivity index (χ3n) is 5.16. The fourth-order valence-corrected chi connectivity index (χ4v) is 3.58. The highest BCUT2D eigenvalue weighted by Gasteiger charge is 2.50. The fraction of sp³-hybridized carbons (Fsp3) is 0.318. The van der Waals surface area contributed by atoms with Crippen molar-refractivity contribution in [2.24, 2.45) is 0 Å². The minimum absolute atomic E-state index is 0.267. The number of carbonyl (C=O) groups is 3. The molecule has 0 aliphatic carbocycles. The van der Waals surface area contributed by atoms with Crippen molar-refractivity contribution >= 4 is 17.8 Å². The van der Waals surface area contributed by atoms with Crippen LogP contribution in [0.3, 0.4) is 0 Å². The van der Waals surface area contributed by atoms with Crippen LogP contribution in [0.15, 0.2) is 48.5 Å². The summed E-state index contributed by atoms with van der Waals surface area (Å²) in [6.45, 7) is 2.75. The minimum Gasteiger partial charge on any atom is -0.348 e. The number of nitrogens with one attached hydrogen (secondary N) is 2. The molecule has 1 aliphatic heterocycles. The van der Waals surface area contributed by atoms with Crippen LogP contribution in [0.5, 0.6) is 0 Å². The number of hydrogen-bond acceptors (Lipinski definition) is 3. The largest absolute Gasteiger partial charge is 0.348 e. The molecule has 0 spiro atoms. The van der Waals surface area contributed by atoms with Crippen LogP contribution < -0.4 is 10.6 Å². The fourth-order valence-electron chi connectivity index (χ4n) is 3.58. The lowest BCUT2D eigenvalue weighted by Gasteiger charge is -2.23. The van der Waals surface area contributed by atoms with E-state index in [-0.39, 0.29) is 11.6 Å². The van der Waals surface area contributed by atoms with Gasteiger partial charge in [-0.15, -0.1) is 0 Å². The molecule has 0 radical (unpaired) electrons. The van der Waals surface area contributed by atoms with Crippen molar-refractivity contribution in [2.45, 2.75) is 38.3 Å². The van der Waals surface area contributed by atoms with Crippen molar-refractivity contribution in [3.05, 3.63) is 71.3 Å². The predicted molar refractivity (Wildman–Crippen MR) is 106 cm³/mol. The number of amides is 4. The van der Waals surface area contributed by atoms with Crippen LogP contribution in [-0.4, -0.2) is 29.3 Å². The van der Waals surface area contributed by atoms with Crippen molar-refractivity contribution in [1.82, 2.24) is 15.5 Å². The summed E-state index contributed by atoms with van der Waals surface area (Å²) in [6.07, 6.45) is 1.50. The molecule has 8 heteroatoms. The van der Waals surface area contributed by atoms with Gasteiger partial charge < -0.3 is 10.6 Å². The number of rotatable bonds is 7. The Bertz CT molecular complexity index is 967. The Balaban J connectivity index is 1.76. The second-order valence-electron chi connectivity index (χ2n) is 7.39. The highest BCUT2D eigenvalue weighted by atomic mass is 19.1. The minimum atomic E-state index is -1.80. The summed E-state index contributed by atoms with van der Waals surface area (Å²) in [5.74, 6) is -2.91. The molecular formula is C22H23F2N3O3. The van der Waals surface area contributed by atoms with Crippen molar-refractivity contribution < 1.29 is 23.2 Å². The second kappa shape index (κ2) is 8.61. The maximum Gasteiger partial charge on any atom is 0.325 e. The standard InChI is InChI=1S/C22H23F2N3O3/c1-3-7-18(14-8-5-4-6-9-14)25-19(28)13-27-20(29)22(2,26-21(27)30)16-12-15(23)10-11-17(16)24/h4-6,8-12,18H,3,7,13H2,1-2H3,(H,25,28)(H,26,30)/t18-,22+/m1/s1. The molecule has 2 N–H and O–H groups in total. The summed E-state index contributed by atoms with van der Waals surface area (Å²) >= 11 is 0. The summed E-state index contributed by atoms with van der Waals surface area (Å²) in [6, 6.07) is 10.9. The molecule has 158 valence electrons. The highest BCUT2D eigenvalue weighted by Crippen LogP contribution is 2.31. The summed E-state index contributed by atoms with van der Waals surface area (Å²) in [7, 11) is 0. The number of benzene rings is 2. The van der Waals surface area contributed by atoms with Crippen molar-refractivity contribution in [2.75, 3.05) is 6.54 Å². The van der Waals surface area contributed by atoms with Gasteiger partial charge in [-0.3, -0.25) is 14.5 Å². The molecule has 1 saturated heterocycles. The molecule has 0 unspecified atom stereocenters. The zero-order valence-corrected chi connectivity index (χ0v) is 16.7. The molecule has 30 heavy (non-hydrogen) atoms. The predicted octanol–water partition coefficient (Wildman–Crippen LogP) is 3.39. The van der Waals surface area contributed by atoms with Gasteiger partial charge in [0.1, 0.15) is 23.7 Å². The van der Waals surface area contributed by atoms with Crippen LogP contribution >= 0.6 is 0 Å². The Kier molecular flexibility index (Phi) is 6.14. The first-order valence-electron chi connectivity index (χ1n) is 9.70. The smallest absolute Gasteiger partial charge is 0.325 e. The number of nitrogens with zero attached hydrogens (tertiary/aromatic N) is 1. The monoisotopic (exact) mass is 415 g/mol. The first kappa shape index (κ1) is 21.4. The third kappa shape index (κ3) is 4.17. The van der Waals surface area contributed by atoms with E-state index in [9.17, 15) is 23.2 Å². The Morgan fingerprint density at radius 3 is 2.53 bits per heavy atom. The number of urea groups is 1. The number of carbonyl (C=O) groups excluding carboxylic acids is 3. The normalized spacial score (nSPS) is 19.5. The molecular weight excluding hydrogens is 392 g/mol. The van der Waals surface area contributed by atoms with E-state index >= 15 is 0 Å². The lowest BCUT2D eigenvalue weighted by molar-refractivity contribution is -0.135. The van der Waals surface area contributed by atoms with Gasteiger partial charge >= 0.3 is 6.03 Å². The molecule has 1 aliphatic rings. The van der Waals surface area contributed by atoms with E-state index in [0.29, 0.717) is 11.3 Å². The van der Waals surface area contributed by atoms with Gasteiger partial charge in [-0.25, -0.2) is 13.6 Å². The summed E-state index contributed by atoms with van der Waals surface area (Å²) in [4.78, 5) is 38.6. The lowest BCUT2D eigenvalue weighted by atomic mass is 9.91. The van der Waals surface area contributed by atoms with Gasteiger partial charge in [0.15, 0.2) is 0 Å². The Morgan fingerprint density at radius 2 is 1.87 bits per heavy atom. The molecule has 0 bridgehead atoms. The van der Waals surface area contributed by atoms with Crippen LogP contribution in [0.1, 0.15) is 43.9 Å². The van der Waals surface area contributed by atoms with Gasteiger partial charge in [0.05, 0.1) is 6.04 Å². The number of imide groups is 1. The van der Waals surface area contributed by atoms with E-state index in [4.69, 9.17) is 0 Å². The van der Waals surface area contributed by atoms with E-state index in [1.807, 2.05) is 37.3 Å². The van der Waals surface area contributed by atoms with Gasteiger partial charge in [-0.2, -0.15) is 0 Å². The molecule has 4 amide bonds. The SMILES string of the molecule is CCC[C@@H](NC(=O)CN1C(=O)N[C@@](C)(c2cc(F)ccc2F)C1=O)c1ccccc1. The Labute approximate surface area is 173 Å². The third-order valence-corrected chi connectivity index (χ3v) is 5.16. The van der Waals surface area contributed by atoms with Gasteiger partial charge in [-0.1, -0.05) is 43.7 Å². The lowest BCUT2D eigenvalue weighted by Crippen LogP contribution is -2.44.